The van der Waals surface area contributed by atoms with Gasteiger partial charge in [-0.15, -0.1) is 11.3 Å². The minimum Gasteiger partial charge on any atom is -0.369 e. The summed E-state index contributed by atoms with van der Waals surface area (Å²) in [4.78, 5) is 9.54. The number of hydrogen-bond donors (Lipinski definition) is 1. The first-order valence-electron chi connectivity index (χ1n) is 10.1. The molecule has 0 radical (unpaired) electrons. The number of para-hydroxylation sites is 1. The van der Waals surface area contributed by atoms with Gasteiger partial charge in [-0.2, -0.15) is 0 Å². The lowest BCUT2D eigenvalue weighted by molar-refractivity contribution is 0.218. The van der Waals surface area contributed by atoms with E-state index in [-0.39, 0.29) is 0 Å². The van der Waals surface area contributed by atoms with Gasteiger partial charge in [0.1, 0.15) is 0 Å². The van der Waals surface area contributed by atoms with Crippen LogP contribution in [0.3, 0.4) is 0 Å². The van der Waals surface area contributed by atoms with Crippen molar-refractivity contribution in [2.75, 3.05) is 42.9 Å². The van der Waals surface area contributed by atoms with Gasteiger partial charge in [0, 0.05) is 49.5 Å². The second-order valence-electron chi connectivity index (χ2n) is 7.65. The normalized spacial score (nSPS) is 24.5. The number of benzene rings is 1. The summed E-state index contributed by atoms with van der Waals surface area (Å²) in [5, 5.41) is 6.73. The maximum atomic E-state index is 4.35. The molecule has 4 rings (SSSR count). The van der Waals surface area contributed by atoms with E-state index in [9.17, 15) is 0 Å². The van der Waals surface area contributed by atoms with Gasteiger partial charge < -0.3 is 10.2 Å². The zero-order valence-corrected chi connectivity index (χ0v) is 16.3. The van der Waals surface area contributed by atoms with E-state index in [1.807, 2.05) is 11.6 Å². The molecule has 0 amide bonds. The molecule has 2 heterocycles. The molecule has 1 aromatic carbocycles. The third kappa shape index (κ3) is 4.77. The van der Waals surface area contributed by atoms with Crippen LogP contribution in [0, 0.1) is 5.92 Å². The van der Waals surface area contributed by atoms with Crippen LogP contribution in [0.1, 0.15) is 32.1 Å². The van der Waals surface area contributed by atoms with Crippen molar-refractivity contribution in [2.24, 2.45) is 5.92 Å². The van der Waals surface area contributed by atoms with Crippen molar-refractivity contribution in [2.45, 2.75) is 38.1 Å². The van der Waals surface area contributed by atoms with Crippen molar-refractivity contribution in [3.05, 3.63) is 41.9 Å². The molecule has 0 unspecified atom stereocenters. The first-order valence-corrected chi connectivity index (χ1v) is 10.9. The molecule has 1 saturated carbocycles. The summed E-state index contributed by atoms with van der Waals surface area (Å²) in [6, 6.07) is 11.5. The largest absolute Gasteiger partial charge is 0.369 e. The van der Waals surface area contributed by atoms with Gasteiger partial charge in [0.15, 0.2) is 5.13 Å². The smallest absolute Gasteiger partial charge is 0.182 e. The van der Waals surface area contributed by atoms with Gasteiger partial charge in [-0.05, 0) is 56.7 Å². The van der Waals surface area contributed by atoms with Crippen molar-refractivity contribution in [1.29, 1.82) is 0 Å². The highest BCUT2D eigenvalue weighted by molar-refractivity contribution is 7.13. The summed E-state index contributed by atoms with van der Waals surface area (Å²) in [5.74, 6) is 0.913. The van der Waals surface area contributed by atoms with Gasteiger partial charge in [0.05, 0.1) is 0 Å². The van der Waals surface area contributed by atoms with Gasteiger partial charge in [0.25, 0.3) is 0 Å². The number of nitrogens with zero attached hydrogens (tertiary/aromatic N) is 3. The standard InChI is InChI=1S/C21H30N4S/c1-2-4-20(5-3-1)25-15-13-24(14-16-25)12-10-18-6-8-19(9-7-18)23-21-22-11-17-26-21/h1-5,11,17-19H,6-10,12-16H2,(H,22,23)/t18-,19-. The summed E-state index contributed by atoms with van der Waals surface area (Å²) in [5.41, 5.74) is 1.37. The van der Waals surface area contributed by atoms with Crippen LogP contribution in [0.5, 0.6) is 0 Å². The van der Waals surface area contributed by atoms with Gasteiger partial charge in [0.2, 0.25) is 0 Å². The van der Waals surface area contributed by atoms with Crippen molar-refractivity contribution < 1.29 is 0 Å². The maximum absolute atomic E-state index is 4.35. The predicted molar refractivity (Wildman–Crippen MR) is 111 cm³/mol. The van der Waals surface area contributed by atoms with E-state index in [1.165, 1.54) is 57.4 Å². The highest BCUT2D eigenvalue weighted by atomic mass is 32.1. The average molecular weight is 371 g/mol. The molecule has 0 bridgehead atoms. The van der Waals surface area contributed by atoms with Crippen LogP contribution < -0.4 is 10.2 Å². The number of piperazine rings is 1. The third-order valence-electron chi connectivity index (χ3n) is 5.95. The molecular weight excluding hydrogens is 340 g/mol. The Labute approximate surface area is 161 Å². The molecule has 1 aliphatic carbocycles. The Hall–Kier alpha value is -1.59. The van der Waals surface area contributed by atoms with E-state index in [0.717, 1.165) is 24.1 Å². The van der Waals surface area contributed by atoms with Crippen molar-refractivity contribution in [3.8, 4) is 0 Å². The minimum absolute atomic E-state index is 0.631. The van der Waals surface area contributed by atoms with Gasteiger partial charge in [-0.1, -0.05) is 18.2 Å². The molecule has 1 N–H and O–H groups in total. The molecule has 5 heteroatoms. The van der Waals surface area contributed by atoms with Crippen LogP contribution in [0.25, 0.3) is 0 Å². The number of rotatable bonds is 6. The van der Waals surface area contributed by atoms with E-state index < -0.39 is 0 Å². The first kappa shape index (κ1) is 17.8. The zero-order valence-electron chi connectivity index (χ0n) is 15.5. The van der Waals surface area contributed by atoms with Crippen molar-refractivity contribution in [3.63, 3.8) is 0 Å². The van der Waals surface area contributed by atoms with Crippen LogP contribution in [0.4, 0.5) is 10.8 Å². The Bertz CT molecular complexity index is 629. The Morgan fingerprint density at radius 1 is 1.00 bits per heavy atom. The molecule has 1 saturated heterocycles. The predicted octanol–water partition coefficient (Wildman–Crippen LogP) is 4.33. The highest BCUT2D eigenvalue weighted by Gasteiger charge is 2.23. The van der Waals surface area contributed by atoms with Crippen LogP contribution in [0.2, 0.25) is 0 Å². The Morgan fingerprint density at radius 3 is 2.46 bits per heavy atom. The molecule has 26 heavy (non-hydrogen) atoms. The van der Waals surface area contributed by atoms with Crippen LogP contribution >= 0.6 is 11.3 Å². The highest BCUT2D eigenvalue weighted by Crippen LogP contribution is 2.29. The SMILES string of the molecule is c1ccc(N2CCN(CC[C@H]3CC[C@H](Nc4nccs4)CC3)CC2)cc1. The first-order chi connectivity index (χ1) is 12.9. The summed E-state index contributed by atoms with van der Waals surface area (Å²) >= 11 is 1.71. The molecule has 0 atom stereocenters. The van der Waals surface area contributed by atoms with Crippen LogP contribution in [-0.2, 0) is 0 Å². The maximum Gasteiger partial charge on any atom is 0.182 e. The fourth-order valence-corrected chi connectivity index (χ4v) is 4.91. The minimum atomic E-state index is 0.631. The number of thiazole rings is 1. The molecular formula is C21H30N4S. The molecule has 1 aliphatic heterocycles. The number of hydrogen-bond acceptors (Lipinski definition) is 5. The van der Waals surface area contributed by atoms with E-state index in [0.29, 0.717) is 6.04 Å². The lowest BCUT2D eigenvalue weighted by Gasteiger charge is -2.37. The van der Waals surface area contributed by atoms with E-state index >= 15 is 0 Å². The molecule has 1 aromatic heterocycles. The second kappa shape index (κ2) is 8.87. The molecule has 4 nitrogen and oxygen atoms in total. The quantitative estimate of drug-likeness (QED) is 0.820. The molecule has 2 aliphatic rings. The summed E-state index contributed by atoms with van der Waals surface area (Å²) < 4.78 is 0. The Morgan fingerprint density at radius 2 is 1.77 bits per heavy atom. The fourth-order valence-electron chi connectivity index (χ4n) is 4.30. The lowest BCUT2D eigenvalue weighted by Crippen LogP contribution is -2.47. The second-order valence-corrected chi connectivity index (χ2v) is 8.55. The molecule has 2 fully saturated rings. The van der Waals surface area contributed by atoms with Gasteiger partial charge >= 0.3 is 0 Å². The lowest BCUT2D eigenvalue weighted by atomic mass is 9.84. The van der Waals surface area contributed by atoms with Crippen LogP contribution in [-0.4, -0.2) is 48.6 Å². The number of nitrogens with one attached hydrogen (secondary N) is 1. The summed E-state index contributed by atoms with van der Waals surface area (Å²) in [7, 11) is 0. The van der Waals surface area contributed by atoms with E-state index in [1.54, 1.807) is 11.3 Å². The number of anilines is 2. The molecule has 2 aromatic rings. The van der Waals surface area contributed by atoms with Crippen molar-refractivity contribution >= 4 is 22.2 Å². The van der Waals surface area contributed by atoms with Crippen LogP contribution in [0.15, 0.2) is 41.9 Å². The topological polar surface area (TPSA) is 31.4 Å². The molecule has 140 valence electrons. The van der Waals surface area contributed by atoms with E-state index in [2.05, 4.69) is 50.4 Å². The van der Waals surface area contributed by atoms with Gasteiger partial charge in [-0.3, -0.25) is 4.90 Å². The summed E-state index contributed by atoms with van der Waals surface area (Å²) in [6.45, 7) is 6.01. The Balaban J connectivity index is 1.14. The number of aromatic nitrogens is 1. The monoisotopic (exact) mass is 370 g/mol. The molecule has 0 spiro atoms. The Kier molecular flexibility index (Phi) is 6.07. The fraction of sp³-hybridized carbons (Fsp3) is 0.571. The summed E-state index contributed by atoms with van der Waals surface area (Å²) in [6.07, 6.45) is 8.59. The zero-order chi connectivity index (χ0) is 17.6. The van der Waals surface area contributed by atoms with E-state index in [4.69, 9.17) is 0 Å². The third-order valence-corrected chi connectivity index (χ3v) is 6.66. The van der Waals surface area contributed by atoms with Gasteiger partial charge in [-0.25, -0.2) is 4.98 Å². The average Bonchev–Trinajstić information content (AvgIpc) is 3.22. The van der Waals surface area contributed by atoms with Crippen molar-refractivity contribution in [1.82, 2.24) is 9.88 Å².